The molecule has 1 aromatic heterocycles. The van der Waals surface area contributed by atoms with Crippen LogP contribution in [0.4, 0.5) is 11.4 Å². The predicted octanol–water partition coefficient (Wildman–Crippen LogP) is 1.60. The molecule has 0 unspecified atom stereocenters. The summed E-state index contributed by atoms with van der Waals surface area (Å²) in [4.78, 5) is 34.2. The van der Waals surface area contributed by atoms with Gasteiger partial charge in [0, 0.05) is 50.4 Å². The van der Waals surface area contributed by atoms with Crippen molar-refractivity contribution < 1.29 is 40.2 Å². The fraction of sp³-hybridized carbons (Fsp3) is 0.441. The molecular weight excluding hydrogens is 606 g/mol. The number of phenols is 2. The van der Waals surface area contributed by atoms with Gasteiger partial charge in [0.05, 0.1) is 61.0 Å². The summed E-state index contributed by atoms with van der Waals surface area (Å²) in [6.07, 6.45) is 0.750. The zero-order valence-electron chi connectivity index (χ0n) is 26.8. The number of nitrogens with zero attached hydrogens (tertiary/aromatic N) is 3. The zero-order valence-corrected chi connectivity index (χ0v) is 26.8. The van der Waals surface area contributed by atoms with Gasteiger partial charge in [-0.15, -0.1) is 0 Å². The molecule has 2 heterocycles. The van der Waals surface area contributed by atoms with E-state index in [1.54, 1.807) is 12.1 Å². The number of anilines is 2. The van der Waals surface area contributed by atoms with E-state index in [4.69, 9.17) is 4.98 Å². The molecule has 4 rings (SSSR count). The quantitative estimate of drug-likeness (QED) is 0.132. The second-order valence-electron chi connectivity index (χ2n) is 12.1. The number of hydrogen-bond donors (Lipinski definition) is 8. The third-order valence-electron chi connectivity index (χ3n) is 8.18. The Morgan fingerprint density at radius 1 is 0.723 bits per heavy atom. The highest BCUT2D eigenvalue weighted by molar-refractivity contribution is 5.95. The topological polar surface area (TPSA) is 199 Å². The van der Waals surface area contributed by atoms with Crippen molar-refractivity contribution in [2.45, 2.75) is 46.4 Å². The number of benzene rings is 2. The number of carbonyl (C=O) groups is 2. The Morgan fingerprint density at radius 3 is 1.51 bits per heavy atom. The summed E-state index contributed by atoms with van der Waals surface area (Å²) in [5.74, 6) is -3.34. The van der Waals surface area contributed by atoms with Crippen LogP contribution in [0.3, 0.4) is 0 Å². The van der Waals surface area contributed by atoms with Crippen molar-refractivity contribution in [3.05, 3.63) is 76.1 Å². The fourth-order valence-corrected chi connectivity index (χ4v) is 5.65. The molecule has 0 saturated carbocycles. The molecule has 47 heavy (non-hydrogen) atoms. The van der Waals surface area contributed by atoms with Crippen molar-refractivity contribution in [2.75, 3.05) is 50.2 Å². The summed E-state index contributed by atoms with van der Waals surface area (Å²) < 4.78 is 0. The lowest BCUT2D eigenvalue weighted by Crippen LogP contribution is -2.32. The average Bonchev–Trinajstić information content (AvgIpc) is 3.02. The molecule has 0 saturated heterocycles. The summed E-state index contributed by atoms with van der Waals surface area (Å²) in [7, 11) is 0. The fourth-order valence-electron chi connectivity index (χ4n) is 5.65. The van der Waals surface area contributed by atoms with Crippen molar-refractivity contribution in [3.8, 4) is 11.5 Å². The monoisotopic (exact) mass is 651 g/mol. The number of phenolic OH excluding ortho intramolecular Hbond substituents is 2. The van der Waals surface area contributed by atoms with E-state index >= 15 is 0 Å². The predicted molar refractivity (Wildman–Crippen MR) is 175 cm³/mol. The van der Waals surface area contributed by atoms with Gasteiger partial charge in [-0.2, -0.15) is 0 Å². The van der Waals surface area contributed by atoms with Gasteiger partial charge in [0.2, 0.25) is 11.8 Å². The molecule has 2 amide bonds. The van der Waals surface area contributed by atoms with Gasteiger partial charge in [0.1, 0.15) is 11.5 Å². The Balaban J connectivity index is 1.53. The highest BCUT2D eigenvalue weighted by Gasteiger charge is 2.23. The van der Waals surface area contributed by atoms with Crippen LogP contribution in [0, 0.1) is 25.7 Å². The number of hydrogen-bond acceptors (Lipinski definition) is 11. The van der Waals surface area contributed by atoms with E-state index in [1.165, 1.54) is 0 Å². The molecule has 0 radical (unpaired) electrons. The van der Waals surface area contributed by atoms with Gasteiger partial charge in [0.25, 0.3) is 0 Å². The molecule has 2 bridgehead atoms. The summed E-state index contributed by atoms with van der Waals surface area (Å²) >= 11 is 0. The van der Waals surface area contributed by atoms with Crippen molar-refractivity contribution in [2.24, 2.45) is 11.8 Å². The Morgan fingerprint density at radius 2 is 1.13 bits per heavy atom. The first-order chi connectivity index (χ1) is 22.5. The standard InChI is InChI=1S/C34H45N5O8/c1-21-9-23(31(44)29(11-21)36-33(46)25(17-40)18-41)13-38-7-4-8-39(16-28-6-3-5-27(15-38)35-28)14-24-10-22(2)12-30(32(24)45)37-34(47)26(19-42)20-43/h3,5-6,9-12,25-26,40-45H,4,7-8,13-20H2,1-2H3,(H,36,46)(H,37,47). The summed E-state index contributed by atoms with van der Waals surface area (Å²) in [6, 6.07) is 12.8. The number of nitrogens with one attached hydrogen (secondary N) is 2. The number of aromatic hydroxyl groups is 2. The van der Waals surface area contributed by atoms with Crippen LogP contribution in [0.15, 0.2) is 42.5 Å². The number of aryl methyl sites for hydroxylation is 2. The maximum atomic E-state index is 12.5. The highest BCUT2D eigenvalue weighted by atomic mass is 16.3. The van der Waals surface area contributed by atoms with Gasteiger partial charge in [-0.25, -0.2) is 0 Å². The van der Waals surface area contributed by atoms with Crippen molar-refractivity contribution >= 4 is 23.2 Å². The molecule has 8 N–H and O–H groups in total. The zero-order chi connectivity index (χ0) is 34.1. The smallest absolute Gasteiger partial charge is 0.232 e. The average molecular weight is 652 g/mol. The van der Waals surface area contributed by atoms with Crippen molar-refractivity contribution in [1.82, 2.24) is 14.8 Å². The van der Waals surface area contributed by atoms with Gasteiger partial charge < -0.3 is 41.3 Å². The SMILES string of the molecule is Cc1cc(CN2CCCN(Cc3cc(C)cc(NC(=O)C(CO)CO)c3O)Cc3cccc(n3)C2)c(O)c(NC(=O)C(CO)CO)c1. The molecule has 254 valence electrons. The van der Waals surface area contributed by atoms with E-state index in [0.29, 0.717) is 50.4 Å². The Labute approximate surface area is 274 Å². The first-order valence-corrected chi connectivity index (χ1v) is 15.6. The molecule has 1 aliphatic heterocycles. The second kappa shape index (κ2) is 16.6. The van der Waals surface area contributed by atoms with E-state index in [0.717, 1.165) is 28.9 Å². The Kier molecular flexibility index (Phi) is 12.6. The Hall–Kier alpha value is -4.11. The largest absolute Gasteiger partial charge is 0.505 e. The van der Waals surface area contributed by atoms with Crippen LogP contribution in [-0.2, 0) is 35.8 Å². The van der Waals surface area contributed by atoms with E-state index < -0.39 is 50.1 Å². The van der Waals surface area contributed by atoms with Crippen molar-refractivity contribution in [3.63, 3.8) is 0 Å². The van der Waals surface area contributed by atoms with E-state index in [1.807, 2.05) is 44.2 Å². The molecular formula is C34H45N5O8. The minimum atomic E-state index is -1.00. The Bertz CT molecular complexity index is 1430. The number of amides is 2. The number of aromatic nitrogens is 1. The molecule has 2 aromatic carbocycles. The number of aliphatic hydroxyl groups is 4. The second-order valence-corrected chi connectivity index (χ2v) is 12.1. The minimum absolute atomic E-state index is 0.0823. The molecule has 0 fully saturated rings. The summed E-state index contributed by atoms with van der Waals surface area (Å²) in [5.41, 5.74) is 4.98. The first kappa shape index (κ1) is 35.7. The summed E-state index contributed by atoms with van der Waals surface area (Å²) in [6.45, 7) is 4.75. The van der Waals surface area contributed by atoms with Crippen LogP contribution < -0.4 is 10.6 Å². The summed E-state index contributed by atoms with van der Waals surface area (Å²) in [5, 5.41) is 65.0. The number of fused-ring (bicyclic) bond motifs is 2. The number of pyridine rings is 1. The van der Waals surface area contributed by atoms with Crippen LogP contribution in [0.2, 0.25) is 0 Å². The minimum Gasteiger partial charge on any atom is -0.505 e. The molecule has 0 atom stereocenters. The van der Waals surface area contributed by atoms with Gasteiger partial charge in [-0.05, 0) is 55.7 Å². The molecule has 1 aliphatic rings. The van der Waals surface area contributed by atoms with E-state index in [9.17, 15) is 40.2 Å². The van der Waals surface area contributed by atoms with Gasteiger partial charge in [0.15, 0.2) is 0 Å². The number of aliphatic hydroxyl groups excluding tert-OH is 4. The lowest BCUT2D eigenvalue weighted by atomic mass is 10.1. The lowest BCUT2D eigenvalue weighted by Gasteiger charge is -2.29. The van der Waals surface area contributed by atoms with E-state index in [-0.39, 0.29) is 22.9 Å². The van der Waals surface area contributed by atoms with Gasteiger partial charge in [-0.3, -0.25) is 24.4 Å². The van der Waals surface area contributed by atoms with Crippen LogP contribution in [0.25, 0.3) is 0 Å². The van der Waals surface area contributed by atoms with Crippen LogP contribution in [-0.4, -0.2) is 96.8 Å². The number of carbonyl (C=O) groups excluding carboxylic acids is 2. The maximum Gasteiger partial charge on any atom is 0.232 e. The van der Waals surface area contributed by atoms with E-state index in [2.05, 4.69) is 20.4 Å². The van der Waals surface area contributed by atoms with Gasteiger partial charge >= 0.3 is 0 Å². The third kappa shape index (κ3) is 9.47. The molecule has 13 heteroatoms. The van der Waals surface area contributed by atoms with Crippen LogP contribution in [0.5, 0.6) is 11.5 Å². The normalized spacial score (nSPS) is 14.4. The third-order valence-corrected chi connectivity index (χ3v) is 8.18. The lowest BCUT2D eigenvalue weighted by molar-refractivity contribution is -0.123. The highest BCUT2D eigenvalue weighted by Crippen LogP contribution is 2.33. The van der Waals surface area contributed by atoms with Crippen LogP contribution in [0.1, 0.15) is 40.1 Å². The molecule has 3 aromatic rings. The first-order valence-electron chi connectivity index (χ1n) is 15.6. The van der Waals surface area contributed by atoms with Gasteiger partial charge in [-0.1, -0.05) is 18.2 Å². The van der Waals surface area contributed by atoms with Crippen molar-refractivity contribution in [1.29, 1.82) is 0 Å². The maximum absolute atomic E-state index is 12.5. The molecule has 0 aliphatic carbocycles. The van der Waals surface area contributed by atoms with Crippen LogP contribution >= 0.6 is 0 Å². The molecule has 13 nitrogen and oxygen atoms in total. The number of rotatable bonds is 12. The molecule has 0 spiro atoms.